The largest absolute Gasteiger partial charge is 0.497 e. The first-order valence-corrected chi connectivity index (χ1v) is 8.87. The second-order valence-corrected chi connectivity index (χ2v) is 6.46. The van der Waals surface area contributed by atoms with E-state index in [0.29, 0.717) is 12.0 Å². The van der Waals surface area contributed by atoms with Crippen LogP contribution in [-0.4, -0.2) is 43.3 Å². The minimum Gasteiger partial charge on any atom is -0.497 e. The van der Waals surface area contributed by atoms with Crippen molar-refractivity contribution in [3.05, 3.63) is 42.6 Å². The van der Waals surface area contributed by atoms with Gasteiger partial charge in [0, 0.05) is 42.5 Å². The average molecular weight is 349 g/mol. The topological polar surface area (TPSA) is 71.1 Å². The zero-order valence-electron chi connectivity index (χ0n) is 15.0. The lowest BCUT2D eigenvalue weighted by atomic mass is 10.0. The molecular formula is C20H23N5O. The van der Waals surface area contributed by atoms with Crippen molar-refractivity contribution in [2.45, 2.75) is 12.5 Å². The second-order valence-electron chi connectivity index (χ2n) is 6.46. The molecule has 1 aliphatic rings. The maximum Gasteiger partial charge on any atom is 0.222 e. The first kappa shape index (κ1) is 16.6. The van der Waals surface area contributed by atoms with E-state index in [1.54, 1.807) is 13.3 Å². The number of fused-ring (bicyclic) bond motifs is 1. The molecule has 6 nitrogen and oxygen atoms in total. The Kier molecular flexibility index (Phi) is 4.58. The molecule has 1 saturated heterocycles. The van der Waals surface area contributed by atoms with E-state index in [9.17, 15) is 0 Å². The number of hydrogen-bond acceptors (Lipinski definition) is 6. The van der Waals surface area contributed by atoms with Crippen LogP contribution < -0.4 is 20.7 Å². The fourth-order valence-corrected chi connectivity index (χ4v) is 3.37. The van der Waals surface area contributed by atoms with E-state index in [2.05, 4.69) is 50.2 Å². The number of rotatable bonds is 5. The molecule has 4 rings (SSSR count). The van der Waals surface area contributed by atoms with E-state index >= 15 is 0 Å². The van der Waals surface area contributed by atoms with Gasteiger partial charge >= 0.3 is 0 Å². The lowest BCUT2D eigenvalue weighted by Gasteiger charge is -2.17. The van der Waals surface area contributed by atoms with E-state index < -0.39 is 0 Å². The molecule has 0 spiro atoms. The van der Waals surface area contributed by atoms with Crippen LogP contribution >= 0.6 is 0 Å². The maximum atomic E-state index is 5.42. The number of nitrogens with zero attached hydrogens (tertiary/aromatic N) is 2. The summed E-state index contributed by atoms with van der Waals surface area (Å²) in [6, 6.07) is 12.9. The van der Waals surface area contributed by atoms with Gasteiger partial charge in [-0.2, -0.15) is 0 Å². The van der Waals surface area contributed by atoms with Crippen LogP contribution in [0.25, 0.3) is 22.0 Å². The molecule has 1 aromatic heterocycles. The summed E-state index contributed by atoms with van der Waals surface area (Å²) in [4.78, 5) is 8.80. The van der Waals surface area contributed by atoms with E-state index in [1.807, 2.05) is 19.2 Å². The summed E-state index contributed by atoms with van der Waals surface area (Å²) in [6.45, 7) is 2.03. The Morgan fingerprint density at radius 3 is 2.88 bits per heavy atom. The molecule has 1 unspecified atom stereocenters. The molecule has 2 aromatic carbocycles. The number of nitrogens with one attached hydrogen (secondary N) is 3. The van der Waals surface area contributed by atoms with Crippen molar-refractivity contribution in [1.82, 2.24) is 15.3 Å². The molecule has 1 fully saturated rings. The molecule has 0 aliphatic carbocycles. The SMILES string of the molecule is CNc1nccc(-c2cc(NC3CCNC3)c3cc(OC)ccc3c2)n1. The number of methoxy groups -OCH3 is 1. The van der Waals surface area contributed by atoms with Crippen LogP contribution in [0.1, 0.15) is 6.42 Å². The van der Waals surface area contributed by atoms with Gasteiger partial charge in [-0.15, -0.1) is 0 Å². The molecule has 1 atom stereocenters. The van der Waals surface area contributed by atoms with Crippen molar-refractivity contribution in [3.63, 3.8) is 0 Å². The zero-order chi connectivity index (χ0) is 17.9. The highest BCUT2D eigenvalue weighted by Crippen LogP contribution is 2.33. The molecule has 0 radical (unpaired) electrons. The summed E-state index contributed by atoms with van der Waals surface area (Å²) in [6.07, 6.45) is 2.90. The van der Waals surface area contributed by atoms with Gasteiger partial charge in [0.1, 0.15) is 5.75 Å². The van der Waals surface area contributed by atoms with Gasteiger partial charge in [-0.25, -0.2) is 9.97 Å². The van der Waals surface area contributed by atoms with Crippen LogP contribution in [0.3, 0.4) is 0 Å². The van der Waals surface area contributed by atoms with Crippen LogP contribution in [0, 0.1) is 0 Å². The Morgan fingerprint density at radius 2 is 2.12 bits per heavy atom. The summed E-state index contributed by atoms with van der Waals surface area (Å²) in [5.74, 6) is 1.48. The highest BCUT2D eigenvalue weighted by Gasteiger charge is 2.16. The monoisotopic (exact) mass is 349 g/mol. The van der Waals surface area contributed by atoms with Gasteiger partial charge in [0.2, 0.25) is 5.95 Å². The first-order valence-electron chi connectivity index (χ1n) is 8.87. The van der Waals surface area contributed by atoms with Crippen LogP contribution in [-0.2, 0) is 0 Å². The van der Waals surface area contributed by atoms with Crippen LogP contribution in [0.5, 0.6) is 5.75 Å². The van der Waals surface area contributed by atoms with Crippen LogP contribution in [0.2, 0.25) is 0 Å². The molecular weight excluding hydrogens is 326 g/mol. The summed E-state index contributed by atoms with van der Waals surface area (Å²) in [7, 11) is 3.52. The maximum absolute atomic E-state index is 5.42. The summed E-state index contributed by atoms with van der Waals surface area (Å²) in [5.41, 5.74) is 3.07. The molecule has 2 heterocycles. The number of aromatic nitrogens is 2. The predicted octanol–water partition coefficient (Wildman–Crippen LogP) is 3.12. The summed E-state index contributed by atoms with van der Waals surface area (Å²) >= 11 is 0. The van der Waals surface area contributed by atoms with E-state index in [1.165, 1.54) is 0 Å². The predicted molar refractivity (Wildman–Crippen MR) is 106 cm³/mol. The molecule has 134 valence electrons. The highest BCUT2D eigenvalue weighted by atomic mass is 16.5. The van der Waals surface area contributed by atoms with Gasteiger partial charge in [0.05, 0.1) is 12.8 Å². The molecule has 1 aliphatic heterocycles. The van der Waals surface area contributed by atoms with Crippen LogP contribution in [0.4, 0.5) is 11.6 Å². The van der Waals surface area contributed by atoms with Gasteiger partial charge in [-0.1, -0.05) is 6.07 Å². The van der Waals surface area contributed by atoms with Crippen molar-refractivity contribution in [3.8, 4) is 17.0 Å². The molecule has 0 bridgehead atoms. The standard InChI is InChI=1S/C20H23N5O/c1-21-20-23-8-6-18(25-20)14-9-13-3-4-16(26-2)11-17(13)19(10-14)24-15-5-7-22-12-15/h3-4,6,8-11,15,22,24H,5,7,12H2,1-2H3,(H,21,23,25). The second kappa shape index (κ2) is 7.17. The molecule has 26 heavy (non-hydrogen) atoms. The molecule has 0 saturated carbocycles. The zero-order valence-corrected chi connectivity index (χ0v) is 15.0. The van der Waals surface area contributed by atoms with Gasteiger partial charge in [-0.05, 0) is 48.7 Å². The van der Waals surface area contributed by atoms with Crippen molar-refractivity contribution in [2.24, 2.45) is 0 Å². The van der Waals surface area contributed by atoms with Crippen molar-refractivity contribution in [1.29, 1.82) is 0 Å². The Labute approximate surface area is 153 Å². The smallest absolute Gasteiger partial charge is 0.222 e. The third-order valence-corrected chi connectivity index (χ3v) is 4.76. The summed E-state index contributed by atoms with van der Waals surface area (Å²) in [5, 5.41) is 12.4. The number of hydrogen-bond donors (Lipinski definition) is 3. The number of anilines is 2. The van der Waals surface area contributed by atoms with E-state index in [0.717, 1.165) is 53.0 Å². The van der Waals surface area contributed by atoms with Gasteiger partial charge in [-0.3, -0.25) is 0 Å². The fraction of sp³-hybridized carbons (Fsp3) is 0.300. The lowest BCUT2D eigenvalue weighted by Crippen LogP contribution is -2.22. The fourth-order valence-electron chi connectivity index (χ4n) is 3.37. The molecule has 3 aromatic rings. The lowest BCUT2D eigenvalue weighted by molar-refractivity contribution is 0.415. The van der Waals surface area contributed by atoms with Crippen molar-refractivity contribution in [2.75, 3.05) is 37.9 Å². The number of benzene rings is 2. The van der Waals surface area contributed by atoms with Crippen molar-refractivity contribution >= 4 is 22.4 Å². The first-order chi connectivity index (χ1) is 12.8. The minimum absolute atomic E-state index is 0.429. The van der Waals surface area contributed by atoms with Crippen LogP contribution in [0.15, 0.2) is 42.6 Å². The third-order valence-electron chi connectivity index (χ3n) is 4.76. The van der Waals surface area contributed by atoms with Gasteiger partial charge in [0.25, 0.3) is 0 Å². The Morgan fingerprint density at radius 1 is 1.19 bits per heavy atom. The highest BCUT2D eigenvalue weighted by molar-refractivity contribution is 5.98. The normalized spacial score (nSPS) is 16.6. The Hall–Kier alpha value is -2.86. The average Bonchev–Trinajstić information content (AvgIpc) is 3.20. The Balaban J connectivity index is 1.83. The third kappa shape index (κ3) is 3.28. The summed E-state index contributed by atoms with van der Waals surface area (Å²) < 4.78 is 5.42. The van der Waals surface area contributed by atoms with Crippen molar-refractivity contribution < 1.29 is 4.74 Å². The van der Waals surface area contributed by atoms with E-state index in [4.69, 9.17) is 4.74 Å². The minimum atomic E-state index is 0.429. The Bertz CT molecular complexity index is 921. The van der Waals surface area contributed by atoms with Gasteiger partial charge < -0.3 is 20.7 Å². The number of ether oxygens (including phenoxy) is 1. The molecule has 3 N–H and O–H groups in total. The quantitative estimate of drug-likeness (QED) is 0.657. The van der Waals surface area contributed by atoms with Gasteiger partial charge in [0.15, 0.2) is 0 Å². The molecule has 0 amide bonds. The van der Waals surface area contributed by atoms with E-state index in [-0.39, 0.29) is 0 Å². The molecule has 6 heteroatoms.